The number of halogens is 1. The summed E-state index contributed by atoms with van der Waals surface area (Å²) in [4.78, 5) is 14.0. The Morgan fingerprint density at radius 3 is 2.96 bits per heavy atom. The summed E-state index contributed by atoms with van der Waals surface area (Å²) < 4.78 is 13.9. The first-order valence-electron chi connectivity index (χ1n) is 8.03. The summed E-state index contributed by atoms with van der Waals surface area (Å²) in [6, 6.07) is 4.53. The zero-order valence-corrected chi connectivity index (χ0v) is 14.3. The number of nitrogens with zero attached hydrogens (tertiary/aromatic N) is 4. The minimum atomic E-state index is -0.727. The monoisotopic (exact) mass is 334 g/mol. The van der Waals surface area contributed by atoms with Crippen molar-refractivity contribution in [1.29, 1.82) is 0 Å². The van der Waals surface area contributed by atoms with Gasteiger partial charge in [0.1, 0.15) is 12.5 Å². The first-order chi connectivity index (χ1) is 11.2. The average molecular weight is 334 g/mol. The third-order valence-electron chi connectivity index (χ3n) is 4.32. The SMILES string of the molecule is CN(CCc1cccs1)C[C@@H]1C[C@H](F)CN1Cc1cncnc1. The molecule has 0 bridgehead atoms. The molecule has 0 spiro atoms. The molecule has 0 saturated carbocycles. The van der Waals surface area contributed by atoms with Gasteiger partial charge in [-0.25, -0.2) is 14.4 Å². The Balaban J connectivity index is 1.52. The molecule has 1 saturated heterocycles. The molecule has 1 aliphatic heterocycles. The van der Waals surface area contributed by atoms with Crippen molar-refractivity contribution in [1.82, 2.24) is 19.8 Å². The smallest absolute Gasteiger partial charge is 0.115 e. The molecule has 0 aliphatic carbocycles. The van der Waals surface area contributed by atoms with Crippen LogP contribution in [0.1, 0.15) is 16.9 Å². The van der Waals surface area contributed by atoms with Gasteiger partial charge in [-0.15, -0.1) is 11.3 Å². The second-order valence-electron chi connectivity index (χ2n) is 6.25. The van der Waals surface area contributed by atoms with E-state index in [9.17, 15) is 4.39 Å². The third-order valence-corrected chi connectivity index (χ3v) is 5.26. The van der Waals surface area contributed by atoms with Gasteiger partial charge in [0, 0.05) is 55.1 Å². The molecule has 124 valence electrons. The number of hydrogen-bond donors (Lipinski definition) is 0. The molecule has 0 unspecified atom stereocenters. The number of rotatable bonds is 7. The molecule has 3 rings (SSSR count). The molecule has 23 heavy (non-hydrogen) atoms. The Morgan fingerprint density at radius 2 is 2.22 bits per heavy atom. The Bertz CT molecular complexity index is 578. The lowest BCUT2D eigenvalue weighted by atomic mass is 10.2. The van der Waals surface area contributed by atoms with Gasteiger partial charge < -0.3 is 4.90 Å². The number of likely N-dealkylation sites (N-methyl/N-ethyl adjacent to an activating group) is 1. The Morgan fingerprint density at radius 1 is 1.39 bits per heavy atom. The van der Waals surface area contributed by atoms with E-state index in [1.54, 1.807) is 11.3 Å². The van der Waals surface area contributed by atoms with Crippen LogP contribution < -0.4 is 0 Å². The molecule has 4 nitrogen and oxygen atoms in total. The Kier molecular flexibility index (Phi) is 5.70. The van der Waals surface area contributed by atoms with E-state index in [2.05, 4.69) is 44.3 Å². The van der Waals surface area contributed by atoms with Gasteiger partial charge in [-0.3, -0.25) is 4.90 Å². The first kappa shape index (κ1) is 16.5. The molecule has 2 atom stereocenters. The van der Waals surface area contributed by atoms with E-state index in [1.807, 2.05) is 12.4 Å². The highest BCUT2D eigenvalue weighted by molar-refractivity contribution is 7.09. The number of alkyl halides is 1. The first-order valence-corrected chi connectivity index (χ1v) is 8.91. The van der Waals surface area contributed by atoms with Crippen LogP contribution in [0.5, 0.6) is 0 Å². The van der Waals surface area contributed by atoms with Gasteiger partial charge in [-0.05, 0) is 31.3 Å². The number of hydrogen-bond acceptors (Lipinski definition) is 5. The Hall–Kier alpha value is -1.37. The van der Waals surface area contributed by atoms with Gasteiger partial charge in [0.25, 0.3) is 0 Å². The maximum absolute atomic E-state index is 13.9. The summed E-state index contributed by atoms with van der Waals surface area (Å²) in [7, 11) is 2.13. The predicted molar refractivity (Wildman–Crippen MR) is 91.3 cm³/mol. The molecule has 1 fully saturated rings. The standard InChI is InChI=1S/C17H23FN4S/c1-21(5-4-17-3-2-6-23-17)12-16-7-15(18)11-22(16)10-14-8-19-13-20-9-14/h2-3,6,8-9,13,15-16H,4-5,7,10-12H2,1H3/t15-,16-/m0/s1. The van der Waals surface area contributed by atoms with Crippen molar-refractivity contribution in [3.63, 3.8) is 0 Å². The normalized spacial score (nSPS) is 22.0. The third kappa shape index (κ3) is 4.80. The van der Waals surface area contributed by atoms with Crippen molar-refractivity contribution in [2.45, 2.75) is 31.6 Å². The summed E-state index contributed by atoms with van der Waals surface area (Å²) in [6.45, 7) is 3.15. The summed E-state index contributed by atoms with van der Waals surface area (Å²) in [5.41, 5.74) is 1.05. The topological polar surface area (TPSA) is 32.3 Å². The molecule has 1 aliphatic rings. The van der Waals surface area contributed by atoms with Gasteiger partial charge in [0.15, 0.2) is 0 Å². The number of thiophene rings is 1. The van der Waals surface area contributed by atoms with E-state index in [-0.39, 0.29) is 6.04 Å². The van der Waals surface area contributed by atoms with Crippen molar-refractivity contribution in [3.05, 3.63) is 46.7 Å². The van der Waals surface area contributed by atoms with E-state index in [0.29, 0.717) is 13.0 Å². The van der Waals surface area contributed by atoms with E-state index >= 15 is 0 Å². The van der Waals surface area contributed by atoms with Crippen molar-refractivity contribution in [3.8, 4) is 0 Å². The Labute approximate surface area is 141 Å². The van der Waals surface area contributed by atoms with E-state index in [4.69, 9.17) is 0 Å². The summed E-state index contributed by atoms with van der Waals surface area (Å²) in [5, 5.41) is 2.11. The van der Waals surface area contributed by atoms with Crippen LogP contribution in [-0.2, 0) is 13.0 Å². The van der Waals surface area contributed by atoms with E-state index in [1.165, 1.54) is 11.2 Å². The number of likely N-dealkylation sites (tertiary alicyclic amines) is 1. The second-order valence-corrected chi connectivity index (χ2v) is 7.29. The maximum atomic E-state index is 13.9. The van der Waals surface area contributed by atoms with E-state index < -0.39 is 6.17 Å². The minimum absolute atomic E-state index is 0.263. The molecule has 2 aromatic rings. The van der Waals surface area contributed by atoms with Crippen molar-refractivity contribution in [2.24, 2.45) is 0 Å². The van der Waals surface area contributed by atoms with Crippen LogP contribution >= 0.6 is 11.3 Å². The van der Waals surface area contributed by atoms with Crippen LogP contribution in [0.25, 0.3) is 0 Å². The molecule has 0 amide bonds. The molecule has 0 radical (unpaired) electrons. The van der Waals surface area contributed by atoms with Crippen LogP contribution in [-0.4, -0.2) is 58.7 Å². The van der Waals surface area contributed by atoms with Crippen molar-refractivity contribution < 1.29 is 4.39 Å². The van der Waals surface area contributed by atoms with Crippen molar-refractivity contribution in [2.75, 3.05) is 26.7 Å². The zero-order chi connectivity index (χ0) is 16.1. The fourth-order valence-corrected chi connectivity index (χ4v) is 3.86. The molecule has 0 N–H and O–H groups in total. The average Bonchev–Trinajstić information content (AvgIpc) is 3.17. The molecule has 0 aromatic carbocycles. The van der Waals surface area contributed by atoms with Gasteiger partial charge >= 0.3 is 0 Å². The molecular weight excluding hydrogens is 311 g/mol. The molecule has 3 heterocycles. The quantitative estimate of drug-likeness (QED) is 0.779. The van der Waals surface area contributed by atoms with Gasteiger partial charge in [0.2, 0.25) is 0 Å². The summed E-state index contributed by atoms with van der Waals surface area (Å²) in [6.07, 6.45) is 6.12. The van der Waals surface area contributed by atoms with Crippen LogP contribution in [0.15, 0.2) is 36.2 Å². The lowest BCUT2D eigenvalue weighted by Gasteiger charge is -2.28. The van der Waals surface area contributed by atoms with Crippen LogP contribution in [0.2, 0.25) is 0 Å². The molecular formula is C17H23FN4S. The van der Waals surface area contributed by atoms with Crippen molar-refractivity contribution >= 4 is 11.3 Å². The summed E-state index contributed by atoms with van der Waals surface area (Å²) >= 11 is 1.80. The van der Waals surface area contributed by atoms with Crippen LogP contribution in [0, 0.1) is 0 Å². The zero-order valence-electron chi connectivity index (χ0n) is 13.4. The molecule has 2 aromatic heterocycles. The van der Waals surface area contributed by atoms with Gasteiger partial charge in [0.05, 0.1) is 0 Å². The fraction of sp³-hybridized carbons (Fsp3) is 0.529. The largest absolute Gasteiger partial charge is 0.304 e. The van der Waals surface area contributed by atoms with E-state index in [0.717, 1.165) is 31.6 Å². The predicted octanol–water partition coefficient (Wildman–Crippen LogP) is 2.63. The molecule has 6 heteroatoms. The lowest BCUT2D eigenvalue weighted by molar-refractivity contribution is 0.184. The highest BCUT2D eigenvalue weighted by atomic mass is 32.1. The fourth-order valence-electron chi connectivity index (χ4n) is 3.16. The maximum Gasteiger partial charge on any atom is 0.115 e. The minimum Gasteiger partial charge on any atom is -0.304 e. The van der Waals surface area contributed by atoms with Crippen LogP contribution in [0.4, 0.5) is 4.39 Å². The van der Waals surface area contributed by atoms with Gasteiger partial charge in [-0.1, -0.05) is 6.07 Å². The summed E-state index contributed by atoms with van der Waals surface area (Å²) in [5.74, 6) is 0. The lowest BCUT2D eigenvalue weighted by Crippen LogP contribution is -2.39. The number of aromatic nitrogens is 2. The van der Waals surface area contributed by atoms with Gasteiger partial charge in [-0.2, -0.15) is 0 Å². The highest BCUT2D eigenvalue weighted by Crippen LogP contribution is 2.23. The highest BCUT2D eigenvalue weighted by Gasteiger charge is 2.32. The van der Waals surface area contributed by atoms with Crippen LogP contribution in [0.3, 0.4) is 0 Å². The second kappa shape index (κ2) is 7.95.